The average Bonchev–Trinajstić information content (AvgIpc) is 3.20. The van der Waals surface area contributed by atoms with Crippen LogP contribution in [-0.4, -0.2) is 63.7 Å². The second-order valence-corrected chi connectivity index (χ2v) is 12.1. The first-order valence-electron chi connectivity index (χ1n) is 12.9. The lowest BCUT2D eigenvalue weighted by molar-refractivity contribution is -0.192. The first-order chi connectivity index (χ1) is 20.2. The molecule has 1 saturated heterocycles. The number of aromatic nitrogens is 2. The highest BCUT2D eigenvalue weighted by atomic mass is 35.5. The van der Waals surface area contributed by atoms with Crippen molar-refractivity contribution in [3.8, 4) is 5.75 Å². The van der Waals surface area contributed by atoms with E-state index >= 15 is 4.39 Å². The van der Waals surface area contributed by atoms with Crippen molar-refractivity contribution in [1.82, 2.24) is 14.6 Å². The Morgan fingerprint density at radius 2 is 1.88 bits per heavy atom. The molecule has 0 bridgehead atoms. The van der Waals surface area contributed by atoms with Gasteiger partial charge in [-0.15, -0.1) is 0 Å². The Kier molecular flexibility index (Phi) is 9.74. The maximum Gasteiger partial charge on any atom is 0.459 e. The number of H-pyrrole nitrogens is 1. The summed E-state index contributed by atoms with van der Waals surface area (Å²) in [5.74, 6) is -0.896. The fourth-order valence-electron chi connectivity index (χ4n) is 4.31. The van der Waals surface area contributed by atoms with E-state index in [9.17, 15) is 32.8 Å². The molecule has 0 saturated carbocycles. The predicted octanol–water partition coefficient (Wildman–Crippen LogP) is 3.71. The van der Waals surface area contributed by atoms with Gasteiger partial charge in [0, 0.05) is 11.6 Å². The molecule has 0 aliphatic carbocycles. The summed E-state index contributed by atoms with van der Waals surface area (Å²) in [5.41, 5.74) is -5.49. The van der Waals surface area contributed by atoms with Crippen molar-refractivity contribution in [3.63, 3.8) is 0 Å². The van der Waals surface area contributed by atoms with E-state index in [1.54, 1.807) is 55.2 Å². The Morgan fingerprint density at radius 3 is 2.56 bits per heavy atom. The second kappa shape index (κ2) is 12.8. The normalized spacial score (nSPS) is 24.3. The number of halogens is 4. The highest BCUT2D eigenvalue weighted by Gasteiger charge is 2.62. The number of aliphatic hydroxyl groups is 1. The first-order valence-corrected chi connectivity index (χ1v) is 14.8. The zero-order chi connectivity index (χ0) is 31.7. The van der Waals surface area contributed by atoms with Gasteiger partial charge in [-0.1, -0.05) is 48.0 Å². The smallest absolute Gasteiger partial charge is 0.459 e. The van der Waals surface area contributed by atoms with Crippen LogP contribution in [0, 0.1) is 0 Å². The Bertz CT molecular complexity index is 1650. The minimum Gasteiger partial charge on any atom is -0.462 e. The molecule has 0 spiro atoms. The SMILES string of the molecule is CC(C)OC(=O)[C@H](C)NP(=O)(OC[C@@]1(C(F)F)O[C@@H](n2cc(Cl)c(=O)[nH]c2=O)[C@@H](F)[C@@H]1O)Oc1cccc2ccccc12. The molecule has 4 rings (SSSR count). The van der Waals surface area contributed by atoms with Gasteiger partial charge in [-0.25, -0.2) is 22.5 Å². The molecular formula is C26H28ClF3N3O9P. The third-order valence-electron chi connectivity index (χ3n) is 6.47. The number of carbonyl (C=O) groups excluding carboxylic acids is 1. The Balaban J connectivity index is 1.69. The molecular weight excluding hydrogens is 622 g/mol. The third-order valence-corrected chi connectivity index (χ3v) is 8.35. The maximum atomic E-state index is 15.3. The molecule has 0 radical (unpaired) electrons. The van der Waals surface area contributed by atoms with Crippen LogP contribution in [-0.2, 0) is 23.4 Å². The van der Waals surface area contributed by atoms with Crippen molar-refractivity contribution in [2.75, 3.05) is 6.61 Å². The minimum absolute atomic E-state index is 0.0203. The molecule has 3 aromatic rings. The number of hydrogen-bond donors (Lipinski definition) is 3. The highest BCUT2D eigenvalue weighted by Crippen LogP contribution is 2.50. The number of aromatic amines is 1. The predicted molar refractivity (Wildman–Crippen MR) is 148 cm³/mol. The van der Waals surface area contributed by atoms with Gasteiger partial charge in [-0.3, -0.25) is 23.7 Å². The zero-order valence-electron chi connectivity index (χ0n) is 22.9. The van der Waals surface area contributed by atoms with E-state index in [-0.39, 0.29) is 5.75 Å². The molecule has 1 aliphatic heterocycles. The topological polar surface area (TPSA) is 158 Å². The Hall–Kier alpha value is -3.20. The lowest BCUT2D eigenvalue weighted by Crippen LogP contribution is -2.52. The molecule has 6 atom stereocenters. The molecule has 17 heteroatoms. The zero-order valence-corrected chi connectivity index (χ0v) is 24.6. The van der Waals surface area contributed by atoms with Crippen molar-refractivity contribution >= 4 is 36.1 Å². The molecule has 43 heavy (non-hydrogen) atoms. The van der Waals surface area contributed by atoms with E-state index in [1.807, 2.05) is 0 Å². The number of rotatable bonds is 11. The summed E-state index contributed by atoms with van der Waals surface area (Å²) in [7, 11) is -4.83. The van der Waals surface area contributed by atoms with E-state index in [0.29, 0.717) is 21.5 Å². The molecule has 1 fully saturated rings. The van der Waals surface area contributed by atoms with Crippen LogP contribution in [0.25, 0.3) is 10.8 Å². The van der Waals surface area contributed by atoms with E-state index in [1.165, 1.54) is 13.0 Å². The second-order valence-electron chi connectivity index (χ2n) is 9.97. The van der Waals surface area contributed by atoms with Gasteiger partial charge in [0.2, 0.25) is 0 Å². The summed E-state index contributed by atoms with van der Waals surface area (Å²) in [6.45, 7) is 2.96. The van der Waals surface area contributed by atoms with Gasteiger partial charge >= 0.3 is 19.4 Å². The number of benzene rings is 2. The first kappa shape index (κ1) is 32.7. The largest absolute Gasteiger partial charge is 0.462 e. The number of hydrogen-bond acceptors (Lipinski definition) is 9. The fourth-order valence-corrected chi connectivity index (χ4v) is 6.01. The number of esters is 1. The van der Waals surface area contributed by atoms with Crippen LogP contribution in [0.1, 0.15) is 27.0 Å². The van der Waals surface area contributed by atoms with E-state index in [0.717, 1.165) is 0 Å². The molecule has 0 amide bonds. The van der Waals surface area contributed by atoms with Gasteiger partial charge < -0.3 is 19.1 Å². The molecule has 234 valence electrons. The molecule has 2 heterocycles. The number of aliphatic hydroxyl groups excluding tert-OH is 1. The number of ether oxygens (including phenoxy) is 2. The molecule has 1 aromatic heterocycles. The number of nitrogens with one attached hydrogen (secondary N) is 2. The van der Waals surface area contributed by atoms with Gasteiger partial charge in [0.1, 0.15) is 22.9 Å². The van der Waals surface area contributed by atoms with Crippen LogP contribution in [0.3, 0.4) is 0 Å². The van der Waals surface area contributed by atoms with Gasteiger partial charge in [-0.2, -0.15) is 5.09 Å². The lowest BCUT2D eigenvalue weighted by Gasteiger charge is -2.32. The van der Waals surface area contributed by atoms with Crippen molar-refractivity contribution < 1.29 is 46.2 Å². The number of nitrogens with zero attached hydrogens (tertiary/aromatic N) is 1. The van der Waals surface area contributed by atoms with Crippen LogP contribution in [0.15, 0.2) is 58.3 Å². The Labute approximate surface area is 247 Å². The fraction of sp³-hybridized carbons (Fsp3) is 0.423. The average molecular weight is 650 g/mol. The number of fused-ring (bicyclic) bond motifs is 1. The third kappa shape index (κ3) is 6.82. The molecule has 1 aliphatic rings. The van der Waals surface area contributed by atoms with Crippen LogP contribution in [0.2, 0.25) is 5.02 Å². The summed E-state index contributed by atoms with van der Waals surface area (Å²) in [6.07, 6.45) is -11.1. The van der Waals surface area contributed by atoms with E-state index < -0.39 is 79.3 Å². The van der Waals surface area contributed by atoms with Gasteiger partial charge in [0.05, 0.1) is 12.7 Å². The van der Waals surface area contributed by atoms with Crippen LogP contribution in [0.5, 0.6) is 5.75 Å². The Morgan fingerprint density at radius 1 is 1.21 bits per heavy atom. The van der Waals surface area contributed by atoms with Crippen LogP contribution in [0.4, 0.5) is 13.2 Å². The molecule has 1 unspecified atom stereocenters. The van der Waals surface area contributed by atoms with E-state index in [4.69, 9.17) is 30.1 Å². The number of alkyl halides is 3. The lowest BCUT2D eigenvalue weighted by atomic mass is 9.97. The van der Waals surface area contributed by atoms with Crippen LogP contribution >= 0.6 is 19.3 Å². The maximum absolute atomic E-state index is 15.3. The summed E-state index contributed by atoms with van der Waals surface area (Å²) in [6, 6.07) is 10.1. The van der Waals surface area contributed by atoms with Crippen molar-refractivity contribution in [1.29, 1.82) is 0 Å². The minimum atomic E-state index is -4.83. The molecule has 3 N–H and O–H groups in total. The molecule has 2 aromatic carbocycles. The summed E-state index contributed by atoms with van der Waals surface area (Å²) in [5, 5.41) is 13.5. The monoisotopic (exact) mass is 649 g/mol. The molecule has 12 nitrogen and oxygen atoms in total. The van der Waals surface area contributed by atoms with Gasteiger partial charge in [0.15, 0.2) is 18.0 Å². The summed E-state index contributed by atoms with van der Waals surface area (Å²) < 4.78 is 80.2. The van der Waals surface area contributed by atoms with Gasteiger partial charge in [-0.05, 0) is 32.2 Å². The standard InChI is InChI=1S/C26H28ClF3N3O9P/c1-13(2)40-23(36)14(3)32-43(38,42-18-10-6-8-15-7-4-5-9-16(15)18)39-12-26(24(29)30)20(34)19(28)22(41-26)33-11-17(27)21(35)31-25(33)37/h4-11,13-14,19-20,22,24,34H,12H2,1-3H3,(H,32,38)(H,31,35,37)/t14-,19-,20-,22+,26+,43?/m0/s1. The summed E-state index contributed by atoms with van der Waals surface area (Å²) >= 11 is 5.71. The highest BCUT2D eigenvalue weighted by molar-refractivity contribution is 7.52. The van der Waals surface area contributed by atoms with Crippen molar-refractivity contribution in [2.45, 2.75) is 63.4 Å². The van der Waals surface area contributed by atoms with E-state index in [2.05, 4.69) is 5.09 Å². The van der Waals surface area contributed by atoms with Gasteiger partial charge in [0.25, 0.3) is 12.0 Å². The van der Waals surface area contributed by atoms with Crippen molar-refractivity contribution in [3.05, 3.63) is 74.5 Å². The quantitative estimate of drug-likeness (QED) is 0.207. The van der Waals surface area contributed by atoms with Crippen LogP contribution < -0.4 is 20.9 Å². The summed E-state index contributed by atoms with van der Waals surface area (Å²) in [4.78, 5) is 38.2. The number of carbonyl (C=O) groups is 1. The van der Waals surface area contributed by atoms with Crippen molar-refractivity contribution in [2.24, 2.45) is 0 Å².